The van der Waals surface area contributed by atoms with Crippen LogP contribution in [-0.4, -0.2) is 33.7 Å². The van der Waals surface area contributed by atoms with Crippen molar-refractivity contribution in [3.05, 3.63) is 66.0 Å². The Kier molecular flexibility index (Phi) is 5.33. The molecule has 0 aromatic heterocycles. The van der Waals surface area contributed by atoms with Gasteiger partial charge in [0.2, 0.25) is 10.0 Å². The Balaban J connectivity index is 2.04. The molecule has 2 aromatic rings. The van der Waals surface area contributed by atoms with Gasteiger partial charge in [-0.25, -0.2) is 12.8 Å². The van der Waals surface area contributed by atoms with Crippen molar-refractivity contribution in [3.8, 4) is 0 Å². The van der Waals surface area contributed by atoms with Crippen LogP contribution >= 0.6 is 0 Å². The average molecular weight is 336 g/mol. The summed E-state index contributed by atoms with van der Waals surface area (Å²) in [4.78, 5) is 11.9. The molecular weight excluding hydrogens is 319 g/mol. The number of hydrogen-bond acceptors (Lipinski definition) is 3. The van der Waals surface area contributed by atoms with Crippen molar-refractivity contribution >= 4 is 21.6 Å². The van der Waals surface area contributed by atoms with E-state index < -0.39 is 15.8 Å². The van der Waals surface area contributed by atoms with Crippen LogP contribution in [0.4, 0.5) is 10.1 Å². The Morgan fingerprint density at radius 3 is 2.43 bits per heavy atom. The van der Waals surface area contributed by atoms with Crippen molar-refractivity contribution in [2.45, 2.75) is 0 Å². The Morgan fingerprint density at radius 2 is 1.83 bits per heavy atom. The summed E-state index contributed by atoms with van der Waals surface area (Å²) in [6.45, 7) is 0.123. The van der Waals surface area contributed by atoms with Crippen molar-refractivity contribution in [2.24, 2.45) is 0 Å². The van der Waals surface area contributed by atoms with E-state index in [1.807, 2.05) is 0 Å². The molecule has 0 aliphatic heterocycles. The maximum Gasteiger partial charge on any atom is 0.251 e. The van der Waals surface area contributed by atoms with E-state index >= 15 is 0 Å². The molecule has 0 spiro atoms. The maximum absolute atomic E-state index is 13.3. The van der Waals surface area contributed by atoms with E-state index in [-0.39, 0.29) is 24.7 Å². The van der Waals surface area contributed by atoms with Crippen LogP contribution in [0, 0.1) is 5.82 Å². The Labute approximate surface area is 134 Å². The summed E-state index contributed by atoms with van der Waals surface area (Å²) in [5.41, 5.74) is 0.714. The van der Waals surface area contributed by atoms with E-state index in [1.165, 1.54) is 18.2 Å². The number of hydrogen-bond donors (Lipinski definition) is 1. The normalized spacial score (nSPS) is 11.0. The number of sulfonamides is 1. The molecule has 23 heavy (non-hydrogen) atoms. The summed E-state index contributed by atoms with van der Waals surface area (Å²) in [5.74, 6) is -0.817. The molecule has 1 amide bonds. The van der Waals surface area contributed by atoms with Gasteiger partial charge in [-0.15, -0.1) is 0 Å². The Morgan fingerprint density at radius 1 is 1.13 bits per heavy atom. The van der Waals surface area contributed by atoms with Crippen molar-refractivity contribution in [1.82, 2.24) is 5.32 Å². The number of benzene rings is 2. The molecule has 0 aliphatic carbocycles. The molecule has 2 rings (SSSR count). The Hall–Kier alpha value is -2.41. The minimum Gasteiger partial charge on any atom is -0.350 e. The fourth-order valence-corrected chi connectivity index (χ4v) is 3.00. The van der Waals surface area contributed by atoms with Gasteiger partial charge in [-0.2, -0.15) is 0 Å². The van der Waals surface area contributed by atoms with Crippen LogP contribution in [0.25, 0.3) is 0 Å². The fraction of sp³-hybridized carbons (Fsp3) is 0.188. The third-order valence-corrected chi connectivity index (χ3v) is 4.33. The number of halogens is 1. The first-order chi connectivity index (χ1) is 10.9. The van der Waals surface area contributed by atoms with E-state index in [1.54, 1.807) is 30.3 Å². The number of nitrogens with one attached hydrogen (secondary N) is 1. The number of anilines is 1. The molecule has 0 bridgehead atoms. The highest BCUT2D eigenvalue weighted by Gasteiger charge is 2.18. The highest BCUT2D eigenvalue weighted by molar-refractivity contribution is 7.92. The van der Waals surface area contributed by atoms with E-state index in [0.29, 0.717) is 5.56 Å². The standard InChI is InChI=1S/C16H17FN2O3S/c1-23(21,22)19(15-9-5-8-14(17)12-15)11-10-18-16(20)13-6-3-2-4-7-13/h2-9,12H,10-11H2,1H3,(H,18,20). The van der Waals surface area contributed by atoms with Gasteiger partial charge in [-0.05, 0) is 30.3 Å². The van der Waals surface area contributed by atoms with Crippen molar-refractivity contribution in [1.29, 1.82) is 0 Å². The number of nitrogens with zero attached hydrogens (tertiary/aromatic N) is 1. The quantitative estimate of drug-likeness (QED) is 0.878. The van der Waals surface area contributed by atoms with Crippen LogP contribution in [-0.2, 0) is 10.0 Å². The predicted octanol–water partition coefficient (Wildman–Crippen LogP) is 2.02. The summed E-state index contributed by atoms with van der Waals surface area (Å²) in [6.07, 6.45) is 1.04. The second-order valence-electron chi connectivity index (χ2n) is 4.94. The zero-order chi connectivity index (χ0) is 16.9. The summed E-state index contributed by atoms with van der Waals surface area (Å²) < 4.78 is 38.1. The molecule has 0 saturated carbocycles. The van der Waals surface area contributed by atoms with Gasteiger partial charge in [-0.1, -0.05) is 24.3 Å². The lowest BCUT2D eigenvalue weighted by Gasteiger charge is -2.22. The lowest BCUT2D eigenvalue weighted by Crippen LogP contribution is -2.38. The first-order valence-corrected chi connectivity index (χ1v) is 8.79. The summed E-state index contributed by atoms with van der Waals surface area (Å²) in [7, 11) is -3.58. The molecule has 0 saturated heterocycles. The van der Waals surface area contributed by atoms with Crippen LogP contribution in [0.15, 0.2) is 54.6 Å². The zero-order valence-electron chi connectivity index (χ0n) is 12.6. The van der Waals surface area contributed by atoms with Gasteiger partial charge in [0.15, 0.2) is 0 Å². The molecule has 1 N–H and O–H groups in total. The fourth-order valence-electron chi connectivity index (χ4n) is 2.08. The summed E-state index contributed by atoms with van der Waals surface area (Å²) in [5, 5.41) is 2.65. The van der Waals surface area contributed by atoms with Gasteiger partial charge in [0.05, 0.1) is 18.5 Å². The molecule has 0 unspecified atom stereocenters. The van der Waals surface area contributed by atoms with Gasteiger partial charge >= 0.3 is 0 Å². The van der Waals surface area contributed by atoms with Crippen molar-refractivity contribution in [3.63, 3.8) is 0 Å². The first-order valence-electron chi connectivity index (χ1n) is 6.94. The van der Waals surface area contributed by atoms with Crippen LogP contribution in [0.2, 0.25) is 0 Å². The van der Waals surface area contributed by atoms with Crippen LogP contribution in [0.1, 0.15) is 10.4 Å². The monoisotopic (exact) mass is 336 g/mol. The lowest BCUT2D eigenvalue weighted by molar-refractivity contribution is 0.0955. The number of amides is 1. The van der Waals surface area contributed by atoms with Gasteiger partial charge in [0.1, 0.15) is 5.82 Å². The Bertz CT molecular complexity index is 779. The van der Waals surface area contributed by atoms with E-state index in [9.17, 15) is 17.6 Å². The maximum atomic E-state index is 13.3. The number of carbonyl (C=O) groups excluding carboxylic acids is 1. The molecule has 2 aromatic carbocycles. The van der Waals surface area contributed by atoms with Crippen LogP contribution in [0.5, 0.6) is 0 Å². The highest BCUT2D eigenvalue weighted by atomic mass is 32.2. The SMILES string of the molecule is CS(=O)(=O)N(CCNC(=O)c1ccccc1)c1cccc(F)c1. The molecule has 122 valence electrons. The molecular formula is C16H17FN2O3S. The zero-order valence-corrected chi connectivity index (χ0v) is 13.4. The third-order valence-electron chi connectivity index (χ3n) is 3.13. The molecule has 0 fully saturated rings. The van der Waals surface area contributed by atoms with Gasteiger partial charge in [0, 0.05) is 12.1 Å². The lowest BCUT2D eigenvalue weighted by atomic mass is 10.2. The van der Waals surface area contributed by atoms with Crippen molar-refractivity contribution < 1.29 is 17.6 Å². The topological polar surface area (TPSA) is 66.5 Å². The molecule has 5 nitrogen and oxygen atoms in total. The van der Waals surface area contributed by atoms with Gasteiger partial charge in [0.25, 0.3) is 5.91 Å². The average Bonchev–Trinajstić information content (AvgIpc) is 2.51. The van der Waals surface area contributed by atoms with Crippen LogP contribution in [0.3, 0.4) is 0 Å². The van der Waals surface area contributed by atoms with Gasteiger partial charge in [-0.3, -0.25) is 9.10 Å². The minimum absolute atomic E-state index is 0.0147. The number of rotatable bonds is 6. The molecule has 0 heterocycles. The molecule has 7 heteroatoms. The van der Waals surface area contributed by atoms with E-state index in [2.05, 4.69) is 5.32 Å². The molecule has 0 aliphatic rings. The van der Waals surface area contributed by atoms with Crippen molar-refractivity contribution in [2.75, 3.05) is 23.7 Å². The van der Waals surface area contributed by atoms with E-state index in [0.717, 1.165) is 16.6 Å². The number of carbonyl (C=O) groups is 1. The highest BCUT2D eigenvalue weighted by Crippen LogP contribution is 2.17. The smallest absolute Gasteiger partial charge is 0.251 e. The first kappa shape index (κ1) is 17.0. The summed E-state index contributed by atoms with van der Waals surface area (Å²) in [6, 6.07) is 13.9. The summed E-state index contributed by atoms with van der Waals surface area (Å²) >= 11 is 0. The molecule has 0 radical (unpaired) electrons. The minimum atomic E-state index is -3.58. The molecule has 0 atom stereocenters. The van der Waals surface area contributed by atoms with Crippen LogP contribution < -0.4 is 9.62 Å². The second-order valence-corrected chi connectivity index (χ2v) is 6.84. The van der Waals surface area contributed by atoms with Gasteiger partial charge < -0.3 is 5.32 Å². The predicted molar refractivity (Wildman–Crippen MR) is 87.4 cm³/mol. The third kappa shape index (κ3) is 4.79. The van der Waals surface area contributed by atoms with E-state index in [4.69, 9.17) is 0 Å². The largest absolute Gasteiger partial charge is 0.350 e. The second kappa shape index (κ2) is 7.23.